The van der Waals surface area contributed by atoms with Gasteiger partial charge in [0.1, 0.15) is 5.82 Å². The van der Waals surface area contributed by atoms with Crippen molar-refractivity contribution < 1.29 is 9.90 Å². The molecular weight excluding hydrogens is 318 g/mol. The van der Waals surface area contributed by atoms with Crippen molar-refractivity contribution in [2.45, 2.75) is 83.4 Å². The fourth-order valence-electron chi connectivity index (χ4n) is 4.09. The quantitative estimate of drug-likeness (QED) is 0.760. The second kappa shape index (κ2) is 7.72. The topological polar surface area (TPSA) is 92.1 Å². The maximum Gasteiger partial charge on any atom is 0.315 e. The zero-order valence-electron chi connectivity index (χ0n) is 15.4. The Labute approximate surface area is 149 Å². The summed E-state index contributed by atoms with van der Waals surface area (Å²) in [6, 6.07) is -0.476. The van der Waals surface area contributed by atoms with Crippen molar-refractivity contribution >= 4 is 6.03 Å². The van der Waals surface area contributed by atoms with Gasteiger partial charge in [-0.1, -0.05) is 19.3 Å². The lowest BCUT2D eigenvalue weighted by Crippen LogP contribution is -2.49. The average Bonchev–Trinajstić information content (AvgIpc) is 3.05. The molecule has 2 atom stereocenters. The lowest BCUT2D eigenvalue weighted by molar-refractivity contribution is -0.0131. The van der Waals surface area contributed by atoms with E-state index in [1.807, 2.05) is 13.8 Å². The van der Waals surface area contributed by atoms with Crippen molar-refractivity contribution in [3.63, 3.8) is 0 Å². The Morgan fingerprint density at radius 1 is 1.28 bits per heavy atom. The second-order valence-corrected chi connectivity index (χ2v) is 7.82. The molecule has 0 radical (unpaired) electrons. The standard InChI is InChI=1S/C18H31N5O2/c1-13(16-22-21-15-10-6-7-11-23(15)16)20-17(24)19-12-18(2,25)14-8-4-3-5-9-14/h13-14,25H,3-12H2,1-2H3,(H2,19,20,24)/t13-,18+/m0/s1. The predicted octanol–water partition coefficient (Wildman–Crippen LogP) is 2.31. The first-order valence-electron chi connectivity index (χ1n) is 9.66. The van der Waals surface area contributed by atoms with Gasteiger partial charge in [-0.05, 0) is 45.4 Å². The molecule has 25 heavy (non-hydrogen) atoms. The predicted molar refractivity (Wildman–Crippen MR) is 95.1 cm³/mol. The normalized spacial score (nSPS) is 21.9. The zero-order valence-corrected chi connectivity index (χ0v) is 15.4. The summed E-state index contributed by atoms with van der Waals surface area (Å²) in [5.74, 6) is 2.09. The van der Waals surface area contributed by atoms with Crippen LogP contribution in [0.25, 0.3) is 0 Å². The van der Waals surface area contributed by atoms with Crippen LogP contribution in [0.15, 0.2) is 0 Å². The van der Waals surface area contributed by atoms with Crippen LogP contribution in [0.2, 0.25) is 0 Å². The molecule has 0 bridgehead atoms. The molecule has 7 nitrogen and oxygen atoms in total. The summed E-state index contributed by atoms with van der Waals surface area (Å²) >= 11 is 0. The zero-order chi connectivity index (χ0) is 17.9. The Balaban J connectivity index is 1.51. The maximum absolute atomic E-state index is 12.3. The molecule has 7 heteroatoms. The molecule has 2 aliphatic rings. The molecule has 1 aliphatic carbocycles. The molecule has 0 spiro atoms. The van der Waals surface area contributed by atoms with E-state index < -0.39 is 5.60 Å². The van der Waals surface area contributed by atoms with E-state index in [0.717, 1.165) is 50.3 Å². The van der Waals surface area contributed by atoms with Crippen LogP contribution < -0.4 is 10.6 Å². The SMILES string of the molecule is C[C@H](NC(=O)NC[C@@](C)(O)C1CCCCC1)c1nnc2n1CCCC2. The molecule has 1 aromatic rings. The van der Waals surface area contributed by atoms with Crippen molar-refractivity contribution in [1.29, 1.82) is 0 Å². The third-order valence-corrected chi connectivity index (χ3v) is 5.71. The summed E-state index contributed by atoms with van der Waals surface area (Å²) in [6.45, 7) is 4.95. The van der Waals surface area contributed by atoms with Gasteiger partial charge < -0.3 is 20.3 Å². The summed E-state index contributed by atoms with van der Waals surface area (Å²) in [5.41, 5.74) is -0.852. The van der Waals surface area contributed by atoms with E-state index in [9.17, 15) is 9.90 Å². The molecule has 140 valence electrons. The fourth-order valence-corrected chi connectivity index (χ4v) is 4.09. The van der Waals surface area contributed by atoms with Gasteiger partial charge >= 0.3 is 6.03 Å². The van der Waals surface area contributed by atoms with Gasteiger partial charge in [0.15, 0.2) is 5.82 Å². The molecule has 0 aromatic carbocycles. The first-order chi connectivity index (χ1) is 12.0. The van der Waals surface area contributed by atoms with Crippen LogP contribution in [0.4, 0.5) is 4.79 Å². The number of urea groups is 1. The van der Waals surface area contributed by atoms with E-state index in [1.165, 1.54) is 19.3 Å². The van der Waals surface area contributed by atoms with E-state index >= 15 is 0 Å². The Morgan fingerprint density at radius 2 is 2.04 bits per heavy atom. The van der Waals surface area contributed by atoms with Crippen LogP contribution in [0.1, 0.15) is 76.5 Å². The summed E-state index contributed by atoms with van der Waals surface area (Å²) < 4.78 is 2.12. The number of aromatic nitrogens is 3. The summed E-state index contributed by atoms with van der Waals surface area (Å²) in [6.07, 6.45) is 8.90. The second-order valence-electron chi connectivity index (χ2n) is 7.82. The molecular formula is C18H31N5O2. The van der Waals surface area contributed by atoms with Crippen LogP contribution in [0, 0.1) is 5.92 Å². The highest BCUT2D eigenvalue weighted by atomic mass is 16.3. The van der Waals surface area contributed by atoms with Gasteiger partial charge in [-0.3, -0.25) is 0 Å². The molecule has 3 rings (SSSR count). The van der Waals surface area contributed by atoms with Crippen molar-refractivity contribution in [3.8, 4) is 0 Å². The highest BCUT2D eigenvalue weighted by molar-refractivity contribution is 5.74. The lowest BCUT2D eigenvalue weighted by atomic mass is 9.78. The molecule has 0 saturated heterocycles. The van der Waals surface area contributed by atoms with Gasteiger partial charge in [0.2, 0.25) is 0 Å². The largest absolute Gasteiger partial charge is 0.388 e. The van der Waals surface area contributed by atoms with Crippen molar-refractivity contribution in [1.82, 2.24) is 25.4 Å². The Morgan fingerprint density at radius 3 is 2.80 bits per heavy atom. The minimum absolute atomic E-state index is 0.209. The third-order valence-electron chi connectivity index (χ3n) is 5.71. The minimum atomic E-state index is -0.852. The Bertz CT molecular complexity index is 592. The number of aryl methyl sites for hydroxylation is 1. The number of hydrogen-bond acceptors (Lipinski definition) is 4. The number of fused-ring (bicyclic) bond motifs is 1. The molecule has 2 amide bonds. The molecule has 1 aliphatic heterocycles. The van der Waals surface area contributed by atoms with E-state index in [4.69, 9.17) is 0 Å². The molecule has 1 fully saturated rings. The first kappa shape index (κ1) is 18.2. The first-order valence-corrected chi connectivity index (χ1v) is 9.66. The molecule has 1 saturated carbocycles. The van der Waals surface area contributed by atoms with Crippen LogP contribution in [0.5, 0.6) is 0 Å². The van der Waals surface area contributed by atoms with Gasteiger partial charge in [0, 0.05) is 19.5 Å². The summed E-state index contributed by atoms with van der Waals surface area (Å²) in [7, 11) is 0. The van der Waals surface area contributed by atoms with E-state index in [0.29, 0.717) is 0 Å². The molecule has 3 N–H and O–H groups in total. The number of nitrogens with zero attached hydrogens (tertiary/aromatic N) is 3. The highest BCUT2D eigenvalue weighted by Gasteiger charge is 2.33. The number of aliphatic hydroxyl groups is 1. The smallest absolute Gasteiger partial charge is 0.315 e. The van der Waals surface area contributed by atoms with Gasteiger partial charge in [-0.2, -0.15) is 0 Å². The number of carbonyl (C=O) groups is 1. The molecule has 1 aromatic heterocycles. The Hall–Kier alpha value is -1.63. The summed E-state index contributed by atoms with van der Waals surface area (Å²) in [5, 5.41) is 24.9. The highest BCUT2D eigenvalue weighted by Crippen LogP contribution is 2.32. The minimum Gasteiger partial charge on any atom is -0.388 e. The van der Waals surface area contributed by atoms with Crippen LogP contribution in [0.3, 0.4) is 0 Å². The number of hydrogen-bond donors (Lipinski definition) is 3. The van der Waals surface area contributed by atoms with E-state index in [-0.39, 0.29) is 24.5 Å². The van der Waals surface area contributed by atoms with Crippen molar-refractivity contribution in [3.05, 3.63) is 11.6 Å². The van der Waals surface area contributed by atoms with Crippen LogP contribution >= 0.6 is 0 Å². The molecule has 0 unspecified atom stereocenters. The average molecular weight is 349 g/mol. The number of carbonyl (C=O) groups excluding carboxylic acids is 1. The van der Waals surface area contributed by atoms with Gasteiger partial charge in [0.25, 0.3) is 0 Å². The van der Waals surface area contributed by atoms with Crippen LogP contribution in [-0.2, 0) is 13.0 Å². The lowest BCUT2D eigenvalue weighted by Gasteiger charge is -2.35. The van der Waals surface area contributed by atoms with Gasteiger partial charge in [0.05, 0.1) is 11.6 Å². The molecule has 2 heterocycles. The van der Waals surface area contributed by atoms with Gasteiger partial charge in [-0.15, -0.1) is 10.2 Å². The maximum atomic E-state index is 12.3. The van der Waals surface area contributed by atoms with E-state index in [2.05, 4.69) is 25.4 Å². The Kier molecular flexibility index (Phi) is 5.61. The van der Waals surface area contributed by atoms with Crippen molar-refractivity contribution in [2.24, 2.45) is 5.92 Å². The number of nitrogens with one attached hydrogen (secondary N) is 2. The van der Waals surface area contributed by atoms with Crippen molar-refractivity contribution in [2.75, 3.05) is 6.54 Å². The van der Waals surface area contributed by atoms with E-state index in [1.54, 1.807) is 0 Å². The monoisotopic (exact) mass is 349 g/mol. The fraction of sp³-hybridized carbons (Fsp3) is 0.833. The number of amides is 2. The number of rotatable bonds is 5. The van der Waals surface area contributed by atoms with Crippen LogP contribution in [-0.4, -0.2) is 38.0 Å². The summed E-state index contributed by atoms with van der Waals surface area (Å²) in [4.78, 5) is 12.3. The third kappa shape index (κ3) is 4.32. The van der Waals surface area contributed by atoms with Gasteiger partial charge in [-0.25, -0.2) is 4.79 Å².